The summed E-state index contributed by atoms with van der Waals surface area (Å²) in [7, 11) is 0. The molecule has 0 unspecified atom stereocenters. The van der Waals surface area contributed by atoms with Crippen molar-refractivity contribution in [2.24, 2.45) is 0 Å². The summed E-state index contributed by atoms with van der Waals surface area (Å²) in [6, 6.07) is 60.9. The summed E-state index contributed by atoms with van der Waals surface area (Å²) in [4.78, 5) is 2.50. The normalized spacial score (nSPS) is 15.6. The van der Waals surface area contributed by atoms with E-state index in [4.69, 9.17) is 0 Å². The standard InChI is InChI=1S/C54H45N/c1-53(2)49-21-13-11-19-44(49)46-31-28-41(34-51(46)53)55(42-29-32-47-45-20-12-14-22-50(45)54(3,4)52(47)35-42)40-27-30-43(48(33-40)38-17-9-6-10-18-38)39-25-23-37(24-26-39)36-15-7-5-8-16-36/h5-13,15-21,23-35H,14,22H2,1-4H3. The van der Waals surface area contributed by atoms with E-state index in [9.17, 15) is 0 Å². The quantitative estimate of drug-likeness (QED) is 0.166. The summed E-state index contributed by atoms with van der Waals surface area (Å²) < 4.78 is 0. The molecule has 0 saturated heterocycles. The van der Waals surface area contributed by atoms with Crippen molar-refractivity contribution in [3.63, 3.8) is 0 Å². The highest BCUT2D eigenvalue weighted by molar-refractivity contribution is 5.93. The van der Waals surface area contributed by atoms with E-state index in [2.05, 4.69) is 209 Å². The topological polar surface area (TPSA) is 3.24 Å². The second kappa shape index (κ2) is 12.7. The van der Waals surface area contributed by atoms with Crippen molar-refractivity contribution >= 4 is 22.6 Å². The van der Waals surface area contributed by atoms with E-state index in [0.29, 0.717) is 0 Å². The van der Waals surface area contributed by atoms with Crippen LogP contribution in [0.2, 0.25) is 0 Å². The van der Waals surface area contributed by atoms with E-state index in [1.807, 2.05) is 0 Å². The summed E-state index contributed by atoms with van der Waals surface area (Å²) in [5.74, 6) is 0. The maximum absolute atomic E-state index is 2.50. The summed E-state index contributed by atoms with van der Waals surface area (Å²) in [6.07, 6.45) is 6.95. The Kier molecular flexibility index (Phi) is 7.72. The average molecular weight is 708 g/mol. The maximum Gasteiger partial charge on any atom is 0.0468 e. The molecule has 0 N–H and O–H groups in total. The van der Waals surface area contributed by atoms with Crippen LogP contribution < -0.4 is 4.90 Å². The van der Waals surface area contributed by atoms with Crippen LogP contribution in [0.15, 0.2) is 182 Å². The van der Waals surface area contributed by atoms with E-state index in [1.54, 1.807) is 5.57 Å². The third kappa shape index (κ3) is 5.36. The van der Waals surface area contributed by atoms with Crippen LogP contribution in [0.25, 0.3) is 50.1 Å². The van der Waals surface area contributed by atoms with Crippen LogP contribution in [0.3, 0.4) is 0 Å². The largest absolute Gasteiger partial charge is 0.310 e. The molecule has 0 atom stereocenters. The summed E-state index contributed by atoms with van der Waals surface area (Å²) >= 11 is 0. The fourth-order valence-corrected chi connectivity index (χ4v) is 9.68. The van der Waals surface area contributed by atoms with Crippen molar-refractivity contribution < 1.29 is 0 Å². The van der Waals surface area contributed by atoms with Gasteiger partial charge < -0.3 is 4.90 Å². The Morgan fingerprint density at radius 3 is 1.62 bits per heavy atom. The molecule has 3 aliphatic rings. The van der Waals surface area contributed by atoms with Crippen molar-refractivity contribution in [2.45, 2.75) is 51.4 Å². The number of hydrogen-bond donors (Lipinski definition) is 0. The number of hydrogen-bond acceptors (Lipinski definition) is 1. The molecule has 266 valence electrons. The summed E-state index contributed by atoms with van der Waals surface area (Å²) in [6.45, 7) is 9.58. The van der Waals surface area contributed by atoms with Gasteiger partial charge in [-0.15, -0.1) is 0 Å². The maximum atomic E-state index is 2.50. The third-order valence-corrected chi connectivity index (χ3v) is 12.6. The predicted molar refractivity (Wildman–Crippen MR) is 233 cm³/mol. The van der Waals surface area contributed by atoms with Crippen LogP contribution in [-0.2, 0) is 10.8 Å². The smallest absolute Gasteiger partial charge is 0.0468 e. The van der Waals surface area contributed by atoms with Crippen LogP contribution in [-0.4, -0.2) is 0 Å². The molecule has 0 radical (unpaired) electrons. The molecule has 10 rings (SSSR count). The number of rotatable bonds is 6. The molecule has 0 saturated carbocycles. The monoisotopic (exact) mass is 707 g/mol. The van der Waals surface area contributed by atoms with Crippen molar-refractivity contribution in [2.75, 3.05) is 4.90 Å². The highest BCUT2D eigenvalue weighted by Crippen LogP contribution is 2.54. The van der Waals surface area contributed by atoms with Crippen molar-refractivity contribution in [1.82, 2.24) is 0 Å². The number of benzene rings is 7. The minimum Gasteiger partial charge on any atom is -0.310 e. The number of allylic oxidation sites excluding steroid dienone is 4. The SMILES string of the molecule is CC1(C)C2=C(C=CCC2)c2ccc(N(c3ccc(-c4ccc(-c5ccccc5)cc4)c(-c4ccccc4)c3)c3ccc4c(c3)C(C)(C)c3ccccc3-4)cc21. The van der Waals surface area contributed by atoms with Crippen LogP contribution in [0.5, 0.6) is 0 Å². The van der Waals surface area contributed by atoms with Gasteiger partial charge in [-0.1, -0.05) is 173 Å². The van der Waals surface area contributed by atoms with Crippen LogP contribution in [0.4, 0.5) is 17.1 Å². The first-order valence-corrected chi connectivity index (χ1v) is 19.7. The Balaban J connectivity index is 1.15. The van der Waals surface area contributed by atoms with Gasteiger partial charge in [-0.2, -0.15) is 0 Å². The van der Waals surface area contributed by atoms with Crippen LogP contribution in [0, 0.1) is 0 Å². The lowest BCUT2D eigenvalue weighted by Gasteiger charge is -2.31. The second-order valence-corrected chi connectivity index (χ2v) is 16.5. The molecular weight excluding hydrogens is 663 g/mol. The first-order valence-electron chi connectivity index (χ1n) is 19.7. The zero-order valence-corrected chi connectivity index (χ0v) is 32.1. The number of nitrogens with zero attached hydrogens (tertiary/aromatic N) is 1. The molecule has 7 aromatic carbocycles. The molecular formula is C54H45N. The summed E-state index contributed by atoms with van der Waals surface area (Å²) in [5, 5.41) is 0. The van der Waals surface area contributed by atoms with Crippen molar-refractivity contribution in [3.8, 4) is 44.5 Å². The molecule has 0 aromatic heterocycles. The minimum absolute atomic E-state index is 0.0242. The van der Waals surface area contributed by atoms with Gasteiger partial charge in [0.25, 0.3) is 0 Å². The highest BCUT2D eigenvalue weighted by Gasteiger charge is 2.39. The Hall–Kier alpha value is -6.18. The summed E-state index contributed by atoms with van der Waals surface area (Å²) in [5.41, 5.74) is 21.9. The highest BCUT2D eigenvalue weighted by atomic mass is 15.1. The Morgan fingerprint density at radius 1 is 0.400 bits per heavy atom. The molecule has 55 heavy (non-hydrogen) atoms. The molecule has 0 bridgehead atoms. The van der Waals surface area contributed by atoms with E-state index in [-0.39, 0.29) is 10.8 Å². The Morgan fingerprint density at radius 2 is 0.909 bits per heavy atom. The van der Waals surface area contributed by atoms with Gasteiger partial charge in [0.1, 0.15) is 0 Å². The zero-order valence-electron chi connectivity index (χ0n) is 32.1. The van der Waals surface area contributed by atoms with Gasteiger partial charge in [-0.05, 0) is 122 Å². The number of anilines is 3. The van der Waals surface area contributed by atoms with Gasteiger partial charge >= 0.3 is 0 Å². The first-order chi connectivity index (χ1) is 26.8. The predicted octanol–water partition coefficient (Wildman–Crippen LogP) is 14.9. The van der Waals surface area contributed by atoms with Gasteiger partial charge in [0.05, 0.1) is 0 Å². The van der Waals surface area contributed by atoms with E-state index in [0.717, 1.165) is 18.5 Å². The lowest BCUT2D eigenvalue weighted by atomic mass is 9.78. The zero-order chi connectivity index (χ0) is 37.3. The fraction of sp³-hybridized carbons (Fsp3) is 0.148. The fourth-order valence-electron chi connectivity index (χ4n) is 9.68. The molecule has 0 spiro atoms. The molecule has 0 fully saturated rings. The molecule has 1 nitrogen and oxygen atoms in total. The van der Waals surface area contributed by atoms with Gasteiger partial charge in [-0.3, -0.25) is 0 Å². The van der Waals surface area contributed by atoms with Crippen molar-refractivity contribution in [3.05, 3.63) is 204 Å². The minimum atomic E-state index is -0.103. The molecule has 0 aliphatic heterocycles. The molecule has 0 amide bonds. The molecule has 3 aliphatic carbocycles. The Bertz CT molecular complexity index is 2670. The third-order valence-electron chi connectivity index (χ3n) is 12.6. The van der Waals surface area contributed by atoms with Gasteiger partial charge in [0, 0.05) is 27.9 Å². The lowest BCUT2D eigenvalue weighted by molar-refractivity contribution is 0.607. The first kappa shape index (κ1) is 33.4. The lowest BCUT2D eigenvalue weighted by Crippen LogP contribution is -2.19. The van der Waals surface area contributed by atoms with Crippen LogP contribution >= 0.6 is 0 Å². The molecule has 0 heterocycles. The Labute approximate surface area is 326 Å². The van der Waals surface area contributed by atoms with Gasteiger partial charge in [0.15, 0.2) is 0 Å². The second-order valence-electron chi connectivity index (χ2n) is 16.5. The number of fused-ring (bicyclic) bond motifs is 5. The van der Waals surface area contributed by atoms with E-state index in [1.165, 1.54) is 83.7 Å². The van der Waals surface area contributed by atoms with E-state index >= 15 is 0 Å². The molecule has 7 aromatic rings. The molecule has 1 heteroatoms. The average Bonchev–Trinajstić information content (AvgIpc) is 3.61. The van der Waals surface area contributed by atoms with Crippen LogP contribution in [0.1, 0.15) is 62.8 Å². The van der Waals surface area contributed by atoms with E-state index < -0.39 is 0 Å². The van der Waals surface area contributed by atoms with Crippen molar-refractivity contribution in [1.29, 1.82) is 0 Å². The van der Waals surface area contributed by atoms with Gasteiger partial charge in [-0.25, -0.2) is 0 Å². The van der Waals surface area contributed by atoms with Gasteiger partial charge in [0.2, 0.25) is 0 Å².